The third kappa shape index (κ3) is 4.15. The van der Waals surface area contributed by atoms with Gasteiger partial charge in [0.05, 0.1) is 22.7 Å². The molecule has 1 aromatic carbocycles. The SMILES string of the molecule is Cc1ccc(NC(=O)CSc2ccc(N)cn2)cc1Cl. The third-order valence-corrected chi connectivity index (χ3v) is 3.92. The summed E-state index contributed by atoms with van der Waals surface area (Å²) in [7, 11) is 0. The lowest BCUT2D eigenvalue weighted by atomic mass is 10.2. The molecule has 2 rings (SSSR count). The van der Waals surface area contributed by atoms with E-state index < -0.39 is 0 Å². The van der Waals surface area contributed by atoms with E-state index in [9.17, 15) is 4.79 Å². The quantitative estimate of drug-likeness (QED) is 0.850. The summed E-state index contributed by atoms with van der Waals surface area (Å²) in [5, 5.41) is 4.19. The average Bonchev–Trinajstić information content (AvgIpc) is 2.42. The summed E-state index contributed by atoms with van der Waals surface area (Å²) in [5.41, 5.74) is 7.82. The van der Waals surface area contributed by atoms with Crippen LogP contribution in [0.5, 0.6) is 0 Å². The summed E-state index contributed by atoms with van der Waals surface area (Å²) < 4.78 is 0. The molecular formula is C14H14ClN3OS. The molecule has 3 N–H and O–H groups in total. The maximum atomic E-state index is 11.8. The van der Waals surface area contributed by atoms with Crippen molar-refractivity contribution in [3.05, 3.63) is 47.1 Å². The number of hydrogen-bond donors (Lipinski definition) is 2. The van der Waals surface area contributed by atoms with Crippen LogP contribution in [0.25, 0.3) is 0 Å². The van der Waals surface area contributed by atoms with E-state index in [1.54, 1.807) is 24.4 Å². The van der Waals surface area contributed by atoms with Crippen molar-refractivity contribution in [2.75, 3.05) is 16.8 Å². The van der Waals surface area contributed by atoms with E-state index in [0.717, 1.165) is 10.6 Å². The topological polar surface area (TPSA) is 68.0 Å². The molecule has 0 atom stereocenters. The third-order valence-electron chi connectivity index (χ3n) is 2.57. The molecule has 0 radical (unpaired) electrons. The van der Waals surface area contributed by atoms with Gasteiger partial charge in [-0.25, -0.2) is 4.98 Å². The van der Waals surface area contributed by atoms with Crippen LogP contribution in [-0.2, 0) is 4.79 Å². The number of rotatable bonds is 4. The van der Waals surface area contributed by atoms with Gasteiger partial charge in [0.2, 0.25) is 5.91 Å². The standard InChI is InChI=1S/C14H14ClN3OS/c1-9-2-4-11(6-12(9)15)18-13(19)8-20-14-5-3-10(16)7-17-14/h2-7H,8,16H2,1H3,(H,18,19). The normalized spacial score (nSPS) is 10.3. The highest BCUT2D eigenvalue weighted by Crippen LogP contribution is 2.21. The van der Waals surface area contributed by atoms with Crippen LogP contribution in [0.15, 0.2) is 41.6 Å². The number of nitrogens with two attached hydrogens (primary N) is 1. The number of halogens is 1. The zero-order valence-corrected chi connectivity index (χ0v) is 12.5. The van der Waals surface area contributed by atoms with Crippen LogP contribution in [0.1, 0.15) is 5.56 Å². The Bertz CT molecular complexity index is 616. The van der Waals surface area contributed by atoms with E-state index in [4.69, 9.17) is 17.3 Å². The molecular weight excluding hydrogens is 294 g/mol. The molecule has 1 amide bonds. The molecule has 0 saturated carbocycles. The van der Waals surface area contributed by atoms with Gasteiger partial charge in [-0.2, -0.15) is 0 Å². The van der Waals surface area contributed by atoms with Gasteiger partial charge in [0.1, 0.15) is 0 Å². The predicted molar refractivity (Wildman–Crippen MR) is 84.2 cm³/mol. The minimum absolute atomic E-state index is 0.103. The van der Waals surface area contributed by atoms with E-state index >= 15 is 0 Å². The molecule has 2 aromatic rings. The molecule has 20 heavy (non-hydrogen) atoms. The Kier molecular flexibility index (Phi) is 4.87. The summed E-state index contributed by atoms with van der Waals surface area (Å²) in [6.45, 7) is 1.91. The van der Waals surface area contributed by atoms with Gasteiger partial charge >= 0.3 is 0 Å². The number of hydrogen-bond acceptors (Lipinski definition) is 4. The zero-order chi connectivity index (χ0) is 14.5. The fraction of sp³-hybridized carbons (Fsp3) is 0.143. The van der Waals surface area contributed by atoms with Gasteiger partial charge in [0, 0.05) is 10.7 Å². The van der Waals surface area contributed by atoms with Crippen molar-refractivity contribution in [3.63, 3.8) is 0 Å². The smallest absolute Gasteiger partial charge is 0.234 e. The molecule has 0 aliphatic heterocycles. The first-order chi connectivity index (χ1) is 9.54. The van der Waals surface area contributed by atoms with E-state index in [1.807, 2.05) is 19.1 Å². The monoisotopic (exact) mass is 307 g/mol. The molecule has 0 aliphatic carbocycles. The lowest BCUT2D eigenvalue weighted by Gasteiger charge is -2.06. The van der Waals surface area contributed by atoms with E-state index in [0.29, 0.717) is 16.4 Å². The number of carbonyl (C=O) groups is 1. The molecule has 0 spiro atoms. The lowest BCUT2D eigenvalue weighted by molar-refractivity contribution is -0.113. The number of benzene rings is 1. The first-order valence-corrected chi connectivity index (χ1v) is 7.31. The van der Waals surface area contributed by atoms with Crippen LogP contribution in [0.4, 0.5) is 11.4 Å². The van der Waals surface area contributed by atoms with Gasteiger partial charge < -0.3 is 11.1 Å². The van der Waals surface area contributed by atoms with E-state index in [-0.39, 0.29) is 11.7 Å². The molecule has 1 aromatic heterocycles. The van der Waals surface area contributed by atoms with Gasteiger partial charge in [-0.1, -0.05) is 29.4 Å². The largest absolute Gasteiger partial charge is 0.397 e. The Balaban J connectivity index is 1.89. The fourth-order valence-electron chi connectivity index (χ4n) is 1.48. The Morgan fingerprint density at radius 3 is 2.85 bits per heavy atom. The first-order valence-electron chi connectivity index (χ1n) is 5.95. The van der Waals surface area contributed by atoms with Crippen LogP contribution in [-0.4, -0.2) is 16.6 Å². The lowest BCUT2D eigenvalue weighted by Crippen LogP contribution is -2.14. The van der Waals surface area contributed by atoms with Crippen LogP contribution in [0.3, 0.4) is 0 Å². The summed E-state index contributed by atoms with van der Waals surface area (Å²) in [5.74, 6) is 0.177. The Morgan fingerprint density at radius 2 is 2.20 bits per heavy atom. The average molecular weight is 308 g/mol. The maximum absolute atomic E-state index is 11.8. The molecule has 104 valence electrons. The van der Waals surface area contributed by atoms with Crippen molar-refractivity contribution in [1.29, 1.82) is 0 Å². The van der Waals surface area contributed by atoms with Crippen LogP contribution in [0.2, 0.25) is 5.02 Å². The molecule has 0 aliphatic rings. The summed E-state index contributed by atoms with van der Waals surface area (Å²) in [6, 6.07) is 8.97. The van der Waals surface area contributed by atoms with Crippen molar-refractivity contribution < 1.29 is 4.79 Å². The number of pyridine rings is 1. The van der Waals surface area contributed by atoms with Gasteiger partial charge in [-0.3, -0.25) is 4.79 Å². The Labute approximate surface area is 126 Å². The molecule has 1 heterocycles. The molecule has 0 unspecified atom stereocenters. The molecule has 0 bridgehead atoms. The van der Waals surface area contributed by atoms with Crippen LogP contribution < -0.4 is 11.1 Å². The number of nitrogens with one attached hydrogen (secondary N) is 1. The van der Waals surface area contributed by atoms with Crippen molar-refractivity contribution in [2.24, 2.45) is 0 Å². The van der Waals surface area contributed by atoms with Crippen LogP contribution >= 0.6 is 23.4 Å². The number of carbonyl (C=O) groups excluding carboxylic acids is 1. The Morgan fingerprint density at radius 1 is 1.40 bits per heavy atom. The van der Waals surface area contributed by atoms with Gasteiger partial charge in [-0.15, -0.1) is 0 Å². The number of aromatic nitrogens is 1. The highest BCUT2D eigenvalue weighted by atomic mass is 35.5. The number of thioether (sulfide) groups is 1. The van der Waals surface area contributed by atoms with E-state index in [1.165, 1.54) is 11.8 Å². The fourth-order valence-corrected chi connectivity index (χ4v) is 2.31. The molecule has 4 nitrogen and oxygen atoms in total. The van der Waals surface area contributed by atoms with Gasteiger partial charge in [-0.05, 0) is 36.8 Å². The second-order valence-electron chi connectivity index (χ2n) is 4.23. The van der Waals surface area contributed by atoms with Crippen LogP contribution in [0, 0.1) is 6.92 Å². The molecule has 6 heteroatoms. The van der Waals surface area contributed by atoms with E-state index in [2.05, 4.69) is 10.3 Å². The number of anilines is 2. The zero-order valence-electron chi connectivity index (χ0n) is 10.9. The highest BCUT2D eigenvalue weighted by Gasteiger charge is 2.05. The number of aryl methyl sites for hydroxylation is 1. The summed E-state index contributed by atoms with van der Waals surface area (Å²) in [6.07, 6.45) is 1.57. The van der Waals surface area contributed by atoms with Gasteiger partial charge in [0.15, 0.2) is 0 Å². The second-order valence-corrected chi connectivity index (χ2v) is 5.63. The second kappa shape index (κ2) is 6.63. The van der Waals surface area contributed by atoms with Crippen molar-refractivity contribution in [3.8, 4) is 0 Å². The Hall–Kier alpha value is -1.72. The van der Waals surface area contributed by atoms with Gasteiger partial charge in [0.25, 0.3) is 0 Å². The highest BCUT2D eigenvalue weighted by molar-refractivity contribution is 7.99. The summed E-state index contributed by atoms with van der Waals surface area (Å²) >= 11 is 7.36. The number of nitrogen functional groups attached to an aromatic ring is 1. The van der Waals surface area contributed by atoms with Crippen molar-refractivity contribution in [1.82, 2.24) is 4.98 Å². The van der Waals surface area contributed by atoms with Crippen molar-refractivity contribution >= 4 is 40.6 Å². The number of amides is 1. The number of nitrogens with zero attached hydrogens (tertiary/aromatic N) is 1. The predicted octanol–water partition coefficient (Wildman–Crippen LogP) is 3.36. The first kappa shape index (κ1) is 14.7. The minimum atomic E-state index is -0.103. The molecule has 0 saturated heterocycles. The minimum Gasteiger partial charge on any atom is -0.397 e. The summed E-state index contributed by atoms with van der Waals surface area (Å²) in [4.78, 5) is 15.9. The van der Waals surface area contributed by atoms with Crippen molar-refractivity contribution in [2.45, 2.75) is 11.9 Å². The molecule has 0 fully saturated rings. The maximum Gasteiger partial charge on any atom is 0.234 e.